The lowest BCUT2D eigenvalue weighted by Gasteiger charge is -2.31. The molecule has 3 heterocycles. The van der Waals surface area contributed by atoms with Gasteiger partial charge < -0.3 is 14.2 Å². The topological polar surface area (TPSA) is 76.0 Å². The highest BCUT2D eigenvalue weighted by Crippen LogP contribution is 2.39. The molecule has 3 aromatic rings. The molecule has 1 saturated carbocycles. The number of hydrogen-bond acceptors (Lipinski definition) is 5. The number of nitrogens with zero attached hydrogens (tertiary/aromatic N) is 4. The van der Waals surface area contributed by atoms with Gasteiger partial charge in [0, 0.05) is 36.8 Å². The Bertz CT molecular complexity index is 1080. The quantitative estimate of drug-likeness (QED) is 0.615. The Kier molecular flexibility index (Phi) is 5.08. The normalized spacial score (nSPS) is 17.1. The SMILES string of the molecule is O=C(c1ccc(Oc2cccnc2)cc1)N1CCC(c2n[nH]c(=S)n2C2CC2)CC1. The van der Waals surface area contributed by atoms with Crippen molar-refractivity contribution in [2.45, 2.75) is 37.6 Å². The molecular formula is C22H23N5O2S. The Morgan fingerprint density at radius 3 is 2.50 bits per heavy atom. The maximum absolute atomic E-state index is 12.9. The summed E-state index contributed by atoms with van der Waals surface area (Å²) in [5, 5.41) is 7.45. The lowest BCUT2D eigenvalue weighted by Crippen LogP contribution is -2.38. The number of ether oxygens (including phenoxy) is 1. The van der Waals surface area contributed by atoms with Gasteiger partial charge in [0.1, 0.15) is 17.3 Å². The van der Waals surface area contributed by atoms with E-state index in [0.717, 1.165) is 36.5 Å². The molecule has 0 bridgehead atoms. The van der Waals surface area contributed by atoms with Crippen LogP contribution in [0.3, 0.4) is 0 Å². The van der Waals surface area contributed by atoms with Crippen molar-refractivity contribution in [3.8, 4) is 11.5 Å². The zero-order valence-corrected chi connectivity index (χ0v) is 17.3. The number of rotatable bonds is 5. The molecule has 1 saturated heterocycles. The van der Waals surface area contributed by atoms with Crippen molar-refractivity contribution in [3.63, 3.8) is 0 Å². The number of H-pyrrole nitrogens is 1. The molecular weight excluding hydrogens is 398 g/mol. The summed E-state index contributed by atoms with van der Waals surface area (Å²) < 4.78 is 8.67. The van der Waals surface area contributed by atoms with Crippen LogP contribution in [0.4, 0.5) is 0 Å². The summed E-state index contributed by atoms with van der Waals surface area (Å²) >= 11 is 5.41. The van der Waals surface area contributed by atoms with E-state index >= 15 is 0 Å². The van der Waals surface area contributed by atoms with E-state index in [4.69, 9.17) is 17.0 Å². The monoisotopic (exact) mass is 421 g/mol. The molecule has 0 atom stereocenters. The number of amides is 1. The van der Waals surface area contributed by atoms with Crippen molar-refractivity contribution < 1.29 is 9.53 Å². The first-order valence-corrected chi connectivity index (χ1v) is 10.7. The molecule has 1 aliphatic carbocycles. The fourth-order valence-electron chi connectivity index (χ4n) is 4.02. The van der Waals surface area contributed by atoms with Gasteiger partial charge in [-0.3, -0.25) is 14.9 Å². The van der Waals surface area contributed by atoms with Gasteiger partial charge in [0.05, 0.1) is 6.20 Å². The minimum absolute atomic E-state index is 0.0578. The molecule has 1 aliphatic heterocycles. The zero-order chi connectivity index (χ0) is 20.5. The number of aromatic nitrogens is 4. The van der Waals surface area contributed by atoms with Crippen LogP contribution in [0.25, 0.3) is 0 Å². The number of likely N-dealkylation sites (tertiary alicyclic amines) is 1. The van der Waals surface area contributed by atoms with E-state index in [9.17, 15) is 4.79 Å². The molecule has 30 heavy (non-hydrogen) atoms. The Morgan fingerprint density at radius 2 is 1.83 bits per heavy atom. The Hall–Kier alpha value is -3.00. The van der Waals surface area contributed by atoms with Crippen LogP contribution in [-0.4, -0.2) is 43.6 Å². The van der Waals surface area contributed by atoms with Crippen molar-refractivity contribution >= 4 is 18.1 Å². The third-order valence-corrected chi connectivity index (χ3v) is 6.05. The van der Waals surface area contributed by atoms with Crippen LogP contribution in [0.5, 0.6) is 11.5 Å². The lowest BCUT2D eigenvalue weighted by atomic mass is 9.95. The first-order valence-electron chi connectivity index (χ1n) is 10.3. The Morgan fingerprint density at radius 1 is 1.07 bits per heavy atom. The molecule has 0 spiro atoms. The van der Waals surface area contributed by atoms with Gasteiger partial charge in [-0.2, -0.15) is 5.10 Å². The van der Waals surface area contributed by atoms with Crippen molar-refractivity contribution in [1.29, 1.82) is 0 Å². The largest absolute Gasteiger partial charge is 0.456 e. The van der Waals surface area contributed by atoms with Gasteiger partial charge >= 0.3 is 0 Å². The molecule has 5 rings (SSSR count). The van der Waals surface area contributed by atoms with Crippen molar-refractivity contribution in [3.05, 3.63) is 65.0 Å². The highest BCUT2D eigenvalue weighted by atomic mass is 32.1. The summed E-state index contributed by atoms with van der Waals surface area (Å²) in [6.45, 7) is 1.45. The van der Waals surface area contributed by atoms with E-state index in [1.165, 1.54) is 12.8 Å². The van der Waals surface area contributed by atoms with E-state index in [-0.39, 0.29) is 5.91 Å². The van der Waals surface area contributed by atoms with Crippen LogP contribution in [0.15, 0.2) is 48.8 Å². The molecule has 1 amide bonds. The fraction of sp³-hybridized carbons (Fsp3) is 0.364. The minimum Gasteiger partial charge on any atom is -0.456 e. The van der Waals surface area contributed by atoms with E-state index in [2.05, 4.69) is 19.7 Å². The van der Waals surface area contributed by atoms with Crippen molar-refractivity contribution in [2.24, 2.45) is 0 Å². The smallest absolute Gasteiger partial charge is 0.253 e. The average Bonchev–Trinajstić information content (AvgIpc) is 3.56. The zero-order valence-electron chi connectivity index (χ0n) is 16.5. The first kappa shape index (κ1) is 19.0. The predicted octanol–water partition coefficient (Wildman–Crippen LogP) is 4.48. The summed E-state index contributed by atoms with van der Waals surface area (Å²) in [6, 6.07) is 11.5. The molecule has 154 valence electrons. The summed E-state index contributed by atoms with van der Waals surface area (Å²) in [5.74, 6) is 2.82. The average molecular weight is 422 g/mol. The molecule has 2 aliphatic rings. The second kappa shape index (κ2) is 8.02. The van der Waals surface area contributed by atoms with E-state index < -0.39 is 0 Å². The second-order valence-corrected chi connectivity index (χ2v) is 8.26. The maximum Gasteiger partial charge on any atom is 0.253 e. The Balaban J connectivity index is 1.21. The van der Waals surface area contributed by atoms with Gasteiger partial charge in [0.15, 0.2) is 4.77 Å². The molecule has 8 heteroatoms. The third kappa shape index (κ3) is 3.87. The summed E-state index contributed by atoms with van der Waals surface area (Å²) in [5.41, 5.74) is 0.674. The molecule has 7 nitrogen and oxygen atoms in total. The van der Waals surface area contributed by atoms with Crippen LogP contribution >= 0.6 is 12.2 Å². The number of benzene rings is 1. The van der Waals surface area contributed by atoms with E-state index in [1.807, 2.05) is 41.3 Å². The second-order valence-electron chi connectivity index (χ2n) is 7.87. The van der Waals surface area contributed by atoms with Gasteiger partial charge in [-0.05, 0) is 74.3 Å². The van der Waals surface area contributed by atoms with E-state index in [0.29, 0.717) is 29.0 Å². The number of nitrogens with one attached hydrogen (secondary N) is 1. The molecule has 1 N–H and O–H groups in total. The molecule has 0 unspecified atom stereocenters. The molecule has 2 fully saturated rings. The van der Waals surface area contributed by atoms with Crippen LogP contribution in [-0.2, 0) is 0 Å². The third-order valence-electron chi connectivity index (χ3n) is 5.76. The highest BCUT2D eigenvalue weighted by Gasteiger charge is 2.32. The number of piperidine rings is 1. The first-order chi connectivity index (χ1) is 14.7. The minimum atomic E-state index is 0.0578. The maximum atomic E-state index is 12.9. The molecule has 2 aromatic heterocycles. The fourth-order valence-corrected chi connectivity index (χ4v) is 4.31. The number of carbonyl (C=O) groups excluding carboxylic acids is 1. The summed E-state index contributed by atoms with van der Waals surface area (Å²) in [6.07, 6.45) is 7.52. The van der Waals surface area contributed by atoms with Gasteiger partial charge in [0.25, 0.3) is 5.91 Å². The Labute approximate surface area is 179 Å². The van der Waals surface area contributed by atoms with Gasteiger partial charge in [-0.15, -0.1) is 0 Å². The van der Waals surface area contributed by atoms with Gasteiger partial charge in [-0.1, -0.05) is 0 Å². The van der Waals surface area contributed by atoms with Crippen LogP contribution in [0.2, 0.25) is 0 Å². The standard InChI is InChI=1S/C22H23N5O2S/c28-21(16-3-7-18(8-4-16)29-19-2-1-11-23-14-19)26-12-9-15(10-13-26)20-24-25-22(30)27(20)17-5-6-17/h1-4,7-8,11,14-15,17H,5-6,9-10,12-13H2,(H,25,30). The lowest BCUT2D eigenvalue weighted by molar-refractivity contribution is 0.0710. The van der Waals surface area contributed by atoms with Crippen LogP contribution < -0.4 is 4.74 Å². The van der Waals surface area contributed by atoms with E-state index in [1.54, 1.807) is 12.4 Å². The van der Waals surface area contributed by atoms with Crippen LogP contribution in [0, 0.1) is 4.77 Å². The molecule has 1 aromatic carbocycles. The highest BCUT2D eigenvalue weighted by molar-refractivity contribution is 7.71. The summed E-state index contributed by atoms with van der Waals surface area (Å²) in [7, 11) is 0. The van der Waals surface area contributed by atoms with Crippen molar-refractivity contribution in [1.82, 2.24) is 24.6 Å². The predicted molar refractivity (Wildman–Crippen MR) is 114 cm³/mol. The number of carbonyl (C=O) groups is 1. The number of hydrogen-bond donors (Lipinski definition) is 1. The number of aromatic amines is 1. The van der Waals surface area contributed by atoms with Crippen molar-refractivity contribution in [2.75, 3.05) is 13.1 Å². The van der Waals surface area contributed by atoms with Crippen LogP contribution in [0.1, 0.15) is 53.8 Å². The molecule has 0 radical (unpaired) electrons. The van der Waals surface area contributed by atoms with Gasteiger partial charge in [-0.25, -0.2) is 0 Å². The summed E-state index contributed by atoms with van der Waals surface area (Å²) in [4.78, 5) is 18.9. The van der Waals surface area contributed by atoms with Gasteiger partial charge in [0.2, 0.25) is 0 Å². The number of pyridine rings is 1.